The molecule has 29 heavy (non-hydrogen) atoms. The van der Waals surface area contributed by atoms with Crippen LogP contribution in [0.15, 0.2) is 17.1 Å². The van der Waals surface area contributed by atoms with E-state index in [-0.39, 0.29) is 17.2 Å². The fraction of sp³-hybridized carbons (Fsp3) is 0.412. The summed E-state index contributed by atoms with van der Waals surface area (Å²) in [5.41, 5.74) is -2.71. The molecule has 0 spiro atoms. The average molecular weight is 441 g/mol. The lowest BCUT2D eigenvalue weighted by Gasteiger charge is -2.12. The monoisotopic (exact) mass is 440 g/mol. The van der Waals surface area contributed by atoms with E-state index in [2.05, 4.69) is 9.73 Å². The Morgan fingerprint density at radius 3 is 2.38 bits per heavy atom. The highest BCUT2D eigenvalue weighted by atomic mass is 35.5. The molecule has 1 aromatic carbocycles. The smallest absolute Gasteiger partial charge is 0.430 e. The lowest BCUT2D eigenvalue weighted by Crippen LogP contribution is -2.28. The van der Waals surface area contributed by atoms with E-state index < -0.39 is 53.9 Å². The van der Waals surface area contributed by atoms with Crippen molar-refractivity contribution < 1.29 is 41.4 Å². The summed E-state index contributed by atoms with van der Waals surface area (Å²) >= 11 is 5.77. The maximum atomic E-state index is 14.0. The molecule has 160 valence electrons. The van der Waals surface area contributed by atoms with Crippen LogP contribution in [0.3, 0.4) is 0 Å². The number of esters is 2. The van der Waals surface area contributed by atoms with E-state index in [1.807, 2.05) is 0 Å². The number of carbonyl (C=O) groups excluding carboxylic acids is 3. The molecule has 0 aliphatic rings. The Kier molecular flexibility index (Phi) is 8.56. The van der Waals surface area contributed by atoms with Gasteiger partial charge in [0.15, 0.2) is 0 Å². The Labute approximate surface area is 168 Å². The Balaban J connectivity index is 3.14. The number of carbonyl (C=O) groups is 3. The van der Waals surface area contributed by atoms with Gasteiger partial charge < -0.3 is 14.8 Å². The van der Waals surface area contributed by atoms with Gasteiger partial charge in [0.2, 0.25) is 0 Å². The molecule has 12 heteroatoms. The van der Waals surface area contributed by atoms with Crippen molar-refractivity contribution in [2.45, 2.75) is 39.5 Å². The van der Waals surface area contributed by atoms with E-state index in [4.69, 9.17) is 16.3 Å². The summed E-state index contributed by atoms with van der Waals surface area (Å²) in [7, 11) is 0. The van der Waals surface area contributed by atoms with E-state index >= 15 is 0 Å². The van der Waals surface area contributed by atoms with Crippen molar-refractivity contribution >= 4 is 41.0 Å². The first-order valence-electron chi connectivity index (χ1n) is 8.16. The van der Waals surface area contributed by atoms with Crippen molar-refractivity contribution in [3.05, 3.63) is 28.5 Å². The summed E-state index contributed by atoms with van der Waals surface area (Å²) in [6.07, 6.45) is -6.93. The minimum Gasteiger partial charge on any atom is -0.466 e. The lowest BCUT2D eigenvalue weighted by atomic mass is 10.2. The number of ether oxygens (including phenoxy) is 2. The Hall–Kier alpha value is -2.69. The number of halogens is 5. The highest BCUT2D eigenvalue weighted by Crippen LogP contribution is 2.26. The van der Waals surface area contributed by atoms with Crippen molar-refractivity contribution in [3.63, 3.8) is 0 Å². The molecule has 1 N–H and O–H groups in total. The van der Waals surface area contributed by atoms with Gasteiger partial charge in [0.25, 0.3) is 0 Å². The van der Waals surface area contributed by atoms with Crippen molar-refractivity contribution in [1.82, 2.24) is 0 Å². The van der Waals surface area contributed by atoms with Crippen LogP contribution in [-0.2, 0) is 14.3 Å². The van der Waals surface area contributed by atoms with Gasteiger partial charge in [-0.05, 0) is 32.9 Å². The Morgan fingerprint density at radius 2 is 1.86 bits per heavy atom. The highest BCUT2D eigenvalue weighted by molar-refractivity contribution is 6.33. The minimum atomic E-state index is -5.10. The molecule has 0 saturated heterocycles. The van der Waals surface area contributed by atoms with Crippen molar-refractivity contribution in [1.29, 1.82) is 0 Å². The van der Waals surface area contributed by atoms with Crippen LogP contribution in [0.2, 0.25) is 5.02 Å². The van der Waals surface area contributed by atoms with Crippen LogP contribution in [0.25, 0.3) is 0 Å². The summed E-state index contributed by atoms with van der Waals surface area (Å²) in [5.74, 6) is -3.30. The quantitative estimate of drug-likeness (QED) is 0.398. The summed E-state index contributed by atoms with van der Waals surface area (Å²) in [6.45, 7) is 4.32. The molecular weight excluding hydrogens is 424 g/mol. The first kappa shape index (κ1) is 24.3. The Bertz CT molecular complexity index is 825. The third-order valence-corrected chi connectivity index (χ3v) is 3.35. The predicted molar refractivity (Wildman–Crippen MR) is 95.7 cm³/mol. The lowest BCUT2D eigenvalue weighted by molar-refractivity contribution is -0.142. The van der Waals surface area contributed by atoms with Gasteiger partial charge in [-0.25, -0.2) is 14.0 Å². The molecule has 7 nitrogen and oxygen atoms in total. The maximum Gasteiger partial charge on any atom is 0.430 e. The van der Waals surface area contributed by atoms with E-state index in [0.717, 1.165) is 6.07 Å². The summed E-state index contributed by atoms with van der Waals surface area (Å²) < 4.78 is 62.2. The van der Waals surface area contributed by atoms with Crippen molar-refractivity contribution in [2.24, 2.45) is 4.99 Å². The summed E-state index contributed by atoms with van der Waals surface area (Å²) in [5, 5.41) is 1.45. The first-order chi connectivity index (χ1) is 13.3. The molecule has 0 atom stereocenters. The average Bonchev–Trinajstić information content (AvgIpc) is 2.55. The standard InChI is InChI=1S/C17H17ClF4N2O5/c1-4-28-14(25)7-13(17(20,21)22)24-16(27)23-12-5-9(10(18)6-11(12)19)15(26)29-8(2)3/h5-6,8H,4,7H2,1-3H3,(H,23,27). The molecular formula is C17H17ClF4N2O5. The molecule has 0 aromatic heterocycles. The third-order valence-electron chi connectivity index (χ3n) is 3.04. The van der Waals surface area contributed by atoms with Gasteiger partial charge >= 0.3 is 24.1 Å². The molecule has 1 aromatic rings. The van der Waals surface area contributed by atoms with Crippen LogP contribution >= 0.6 is 11.6 Å². The first-order valence-corrected chi connectivity index (χ1v) is 8.54. The topological polar surface area (TPSA) is 94.1 Å². The number of rotatable bonds is 6. The number of hydrogen-bond acceptors (Lipinski definition) is 5. The highest BCUT2D eigenvalue weighted by Gasteiger charge is 2.38. The van der Waals surface area contributed by atoms with E-state index in [1.165, 1.54) is 6.92 Å². The second kappa shape index (κ2) is 10.2. The molecule has 2 amide bonds. The molecule has 0 fully saturated rings. The van der Waals surface area contributed by atoms with Gasteiger partial charge in [-0.15, -0.1) is 0 Å². The number of amides is 2. The molecule has 0 unspecified atom stereocenters. The van der Waals surface area contributed by atoms with Crippen molar-refractivity contribution in [3.8, 4) is 0 Å². The number of anilines is 1. The number of alkyl halides is 3. The zero-order valence-electron chi connectivity index (χ0n) is 15.5. The second-order valence-electron chi connectivity index (χ2n) is 5.73. The Morgan fingerprint density at radius 1 is 1.24 bits per heavy atom. The zero-order chi connectivity index (χ0) is 22.4. The van der Waals surface area contributed by atoms with Gasteiger partial charge in [0, 0.05) is 0 Å². The van der Waals surface area contributed by atoms with E-state index in [0.29, 0.717) is 6.07 Å². The third kappa shape index (κ3) is 7.68. The fourth-order valence-corrected chi connectivity index (χ4v) is 2.12. The van der Waals surface area contributed by atoms with Gasteiger partial charge in [0.05, 0.1) is 35.4 Å². The number of aliphatic imine (C=N–C) groups is 1. The zero-order valence-corrected chi connectivity index (χ0v) is 16.3. The van der Waals surface area contributed by atoms with Crippen LogP contribution in [0.4, 0.5) is 28.0 Å². The number of benzene rings is 1. The molecule has 1 rings (SSSR count). The predicted octanol–water partition coefficient (Wildman–Crippen LogP) is 4.53. The normalized spacial score (nSPS) is 12.0. The van der Waals surface area contributed by atoms with Gasteiger partial charge in [-0.2, -0.15) is 18.2 Å². The van der Waals surface area contributed by atoms with Crippen LogP contribution < -0.4 is 5.32 Å². The molecule has 0 saturated carbocycles. The molecule has 0 aliphatic heterocycles. The van der Waals surface area contributed by atoms with E-state index in [1.54, 1.807) is 19.2 Å². The van der Waals surface area contributed by atoms with Gasteiger partial charge in [0.1, 0.15) is 11.5 Å². The number of urea groups is 1. The largest absolute Gasteiger partial charge is 0.466 e. The second-order valence-corrected chi connectivity index (χ2v) is 6.14. The molecule has 0 bridgehead atoms. The number of nitrogens with one attached hydrogen (secondary N) is 1. The fourth-order valence-electron chi connectivity index (χ4n) is 1.90. The minimum absolute atomic E-state index is 0.165. The van der Waals surface area contributed by atoms with Crippen LogP contribution in [0.1, 0.15) is 37.6 Å². The molecule has 0 aliphatic carbocycles. The van der Waals surface area contributed by atoms with Gasteiger partial charge in [-0.3, -0.25) is 4.79 Å². The van der Waals surface area contributed by atoms with E-state index in [9.17, 15) is 31.9 Å². The van der Waals surface area contributed by atoms with Gasteiger partial charge in [-0.1, -0.05) is 11.6 Å². The molecule has 0 radical (unpaired) electrons. The SMILES string of the molecule is CCOC(=O)CC(=NC(=O)Nc1cc(C(=O)OC(C)C)c(Cl)cc1F)C(F)(F)F. The molecule has 0 heterocycles. The summed E-state index contributed by atoms with van der Waals surface area (Å²) in [6, 6.07) is -0.138. The van der Waals surface area contributed by atoms with Crippen LogP contribution in [-0.4, -0.2) is 42.6 Å². The number of nitrogens with zero attached hydrogens (tertiary/aromatic N) is 1. The summed E-state index contributed by atoms with van der Waals surface area (Å²) in [4.78, 5) is 37.8. The van der Waals surface area contributed by atoms with Crippen molar-refractivity contribution in [2.75, 3.05) is 11.9 Å². The number of hydrogen-bond donors (Lipinski definition) is 1. The van der Waals surface area contributed by atoms with Crippen LogP contribution in [0, 0.1) is 5.82 Å². The van der Waals surface area contributed by atoms with Crippen LogP contribution in [0.5, 0.6) is 0 Å². The maximum absolute atomic E-state index is 14.0.